The topological polar surface area (TPSA) is 303 Å². The largest absolute Gasteiger partial charge is 0.490 e. The highest BCUT2D eigenvalue weighted by Gasteiger charge is 2.42. The Kier molecular flexibility index (Phi) is 22.8. The zero-order valence-corrected chi connectivity index (χ0v) is 54.4. The second-order valence-corrected chi connectivity index (χ2v) is 24.8. The van der Waals surface area contributed by atoms with Crippen LogP contribution in [0.5, 0.6) is 11.5 Å². The molecule has 1 aliphatic rings. The van der Waals surface area contributed by atoms with E-state index in [4.69, 9.17) is 9.47 Å². The Hall–Kier alpha value is -11.5. The Morgan fingerprint density at radius 2 is 1.00 bits per heavy atom. The van der Waals surface area contributed by atoms with Crippen molar-refractivity contribution in [2.75, 3.05) is 6.61 Å². The third-order valence-corrected chi connectivity index (χ3v) is 16.9. The SMILES string of the molecule is CC[C@H](C)[C@@H]1NC(=O)[C@H](Cc2ccc(OC(C)(C)C)cc2)NC(=O)c2cc([N+](=O)[O-])ccc2OCC(C(=O)O)NC(=O)[C@H](CC(=O)NC(c2ccccc2)(c2ccccc2)c2ccccc2)NC(=O)C(CCC(=O)NC(c2ccccc2)(c2ccccc2)c2ccccc2)NC1=O. The van der Waals surface area contributed by atoms with Crippen molar-refractivity contribution < 1.29 is 57.9 Å². The first kappa shape index (κ1) is 69.9. The monoisotopic (exact) mass is 1310 g/mol. The lowest BCUT2D eigenvalue weighted by Gasteiger charge is -2.37. The minimum Gasteiger partial charge on any atom is -0.490 e. The van der Waals surface area contributed by atoms with Crippen LogP contribution in [0.4, 0.5) is 5.69 Å². The van der Waals surface area contributed by atoms with Gasteiger partial charge >= 0.3 is 5.97 Å². The normalized spacial score (nSPS) is 17.8. The molecule has 21 nitrogen and oxygen atoms in total. The summed E-state index contributed by atoms with van der Waals surface area (Å²) >= 11 is 0. The van der Waals surface area contributed by atoms with Crippen molar-refractivity contribution in [3.8, 4) is 11.5 Å². The highest BCUT2D eigenvalue weighted by Crippen LogP contribution is 2.39. The van der Waals surface area contributed by atoms with Crippen molar-refractivity contribution in [2.24, 2.45) is 5.92 Å². The summed E-state index contributed by atoms with van der Waals surface area (Å²) in [7, 11) is 0. The van der Waals surface area contributed by atoms with Crippen molar-refractivity contribution in [3.63, 3.8) is 0 Å². The molecule has 500 valence electrons. The standard InChI is InChI=1S/C76H78N8O13/c1-6-49(2)67-72(91)77-60(42-44-65(85)82-75(51-25-13-7-14-26-51,52-27-15-8-16-28-52)53-29-17-9-18-30-53)69(88)79-62(47-66(86)83-76(54-31-19-10-20-32-54,55-33-21-11-22-34-55)56-35-23-12-24-36-56)70(89)80-63(73(92)93)48-96-64-43-39-57(84(94)95)46-59(64)68(87)78-61(71(90)81-67)45-50-37-40-58(41-38-50)97-74(3,4)5/h7-41,43,46,49,60-63,67H,6,42,44-45,47-48H2,1-5H3,(H,77,91)(H,78,87)(H,79,88)(H,80,89)(H,81,90)(H,82,85)(H,83,86)(H,92,93)/t49-,60?,61-,62-,63?,67-/m0/s1. The molecule has 2 unspecified atom stereocenters. The van der Waals surface area contributed by atoms with Gasteiger partial charge in [0.2, 0.25) is 35.4 Å². The minimum atomic E-state index is -2.02. The maximum absolute atomic E-state index is 15.6. The summed E-state index contributed by atoms with van der Waals surface area (Å²) in [5.74, 6) is -8.95. The fraction of sp³-hybridized carbons (Fsp3) is 0.263. The summed E-state index contributed by atoms with van der Waals surface area (Å²) in [5.41, 5.74) is -0.0795. The number of nitrogens with zero attached hydrogens (tertiary/aromatic N) is 1. The van der Waals surface area contributed by atoms with Crippen molar-refractivity contribution in [1.29, 1.82) is 0 Å². The number of nitrogens with one attached hydrogen (secondary N) is 7. The Bertz CT molecular complexity index is 3870. The molecule has 0 radical (unpaired) electrons. The second kappa shape index (κ2) is 31.6. The molecule has 21 heteroatoms. The number of carboxylic acids is 1. The van der Waals surface area contributed by atoms with Gasteiger partial charge in [-0.2, -0.15) is 0 Å². The van der Waals surface area contributed by atoms with E-state index in [1.54, 1.807) is 92.7 Å². The summed E-state index contributed by atoms with van der Waals surface area (Å²) in [4.78, 5) is 131. The number of rotatable bonds is 20. The Morgan fingerprint density at radius 3 is 1.43 bits per heavy atom. The summed E-state index contributed by atoms with van der Waals surface area (Å²) in [6.07, 6.45) is -1.78. The molecule has 0 aliphatic carbocycles. The summed E-state index contributed by atoms with van der Waals surface area (Å²) in [5, 5.41) is 42.8. The van der Waals surface area contributed by atoms with Gasteiger partial charge in [-0.25, -0.2) is 4.79 Å². The van der Waals surface area contributed by atoms with Crippen LogP contribution in [0, 0.1) is 16.0 Å². The molecule has 1 heterocycles. The summed E-state index contributed by atoms with van der Waals surface area (Å²) in [6, 6.07) is 55.7. The lowest BCUT2D eigenvalue weighted by molar-refractivity contribution is -0.384. The lowest BCUT2D eigenvalue weighted by atomic mass is 9.77. The highest BCUT2D eigenvalue weighted by molar-refractivity contribution is 6.02. The zero-order chi connectivity index (χ0) is 69.3. The third kappa shape index (κ3) is 17.3. The van der Waals surface area contributed by atoms with E-state index in [1.807, 2.05) is 148 Å². The van der Waals surface area contributed by atoms with Crippen molar-refractivity contribution in [3.05, 3.63) is 279 Å². The molecule has 8 N–H and O–H groups in total. The Balaban J connectivity index is 1.14. The van der Waals surface area contributed by atoms with Crippen molar-refractivity contribution in [1.82, 2.24) is 37.2 Å². The number of fused-ring (bicyclic) bond motifs is 1. The van der Waals surface area contributed by atoms with Crippen LogP contribution < -0.4 is 46.7 Å². The minimum absolute atomic E-state index is 0.227. The van der Waals surface area contributed by atoms with E-state index in [1.165, 1.54) is 0 Å². The van der Waals surface area contributed by atoms with Crippen LogP contribution in [0.15, 0.2) is 224 Å². The number of nitro groups is 1. The van der Waals surface area contributed by atoms with E-state index >= 15 is 28.8 Å². The molecule has 97 heavy (non-hydrogen) atoms. The average molecular weight is 1310 g/mol. The third-order valence-electron chi connectivity index (χ3n) is 16.9. The predicted molar refractivity (Wildman–Crippen MR) is 364 cm³/mol. The number of hydrogen-bond donors (Lipinski definition) is 8. The van der Waals surface area contributed by atoms with Gasteiger partial charge in [0.05, 0.1) is 16.9 Å². The molecule has 8 aromatic carbocycles. The highest BCUT2D eigenvalue weighted by atomic mass is 16.6. The van der Waals surface area contributed by atoms with Gasteiger partial charge in [0.1, 0.15) is 59.0 Å². The Morgan fingerprint density at radius 1 is 0.567 bits per heavy atom. The number of amides is 7. The van der Waals surface area contributed by atoms with Gasteiger partial charge in [0.15, 0.2) is 6.04 Å². The summed E-state index contributed by atoms with van der Waals surface area (Å²) in [6.45, 7) is 8.09. The number of carbonyl (C=O) groups is 8. The van der Waals surface area contributed by atoms with Crippen molar-refractivity contribution in [2.45, 2.75) is 114 Å². The smallest absolute Gasteiger partial charge is 0.329 e. The Labute approximate surface area is 562 Å². The molecule has 0 bridgehead atoms. The van der Waals surface area contributed by atoms with Crippen LogP contribution in [-0.4, -0.2) is 99.8 Å². The number of benzene rings is 8. The maximum Gasteiger partial charge on any atom is 0.329 e. The molecule has 0 saturated carbocycles. The van der Waals surface area contributed by atoms with Gasteiger partial charge < -0.3 is 51.8 Å². The van der Waals surface area contributed by atoms with Crippen LogP contribution >= 0.6 is 0 Å². The fourth-order valence-electron chi connectivity index (χ4n) is 11.8. The van der Waals surface area contributed by atoms with Gasteiger partial charge in [0, 0.05) is 25.0 Å². The first-order valence-electron chi connectivity index (χ1n) is 32.0. The predicted octanol–water partition coefficient (Wildman–Crippen LogP) is 8.96. The number of non-ortho nitro benzene ring substituents is 1. The zero-order valence-electron chi connectivity index (χ0n) is 54.4. The molecule has 9 rings (SSSR count). The van der Waals surface area contributed by atoms with Crippen LogP contribution in [0.2, 0.25) is 0 Å². The molecular weight excluding hydrogens is 1230 g/mol. The van der Waals surface area contributed by atoms with E-state index in [9.17, 15) is 24.8 Å². The number of aliphatic carboxylic acids is 1. The van der Waals surface area contributed by atoms with Gasteiger partial charge in [0.25, 0.3) is 11.6 Å². The number of ether oxygens (including phenoxy) is 2. The fourth-order valence-corrected chi connectivity index (χ4v) is 11.8. The maximum atomic E-state index is 15.6. The molecule has 0 saturated heterocycles. The van der Waals surface area contributed by atoms with E-state index in [0.29, 0.717) is 44.7 Å². The van der Waals surface area contributed by atoms with Gasteiger partial charge in [-0.1, -0.05) is 214 Å². The average Bonchev–Trinajstić information content (AvgIpc) is 0.778. The number of carbonyl (C=O) groups excluding carboxylic acids is 7. The molecular formula is C76H78N8O13. The molecule has 6 atom stereocenters. The first-order valence-corrected chi connectivity index (χ1v) is 32.0. The molecule has 7 amide bonds. The van der Waals surface area contributed by atoms with Crippen LogP contribution in [0.25, 0.3) is 0 Å². The second-order valence-electron chi connectivity index (χ2n) is 24.8. The quantitative estimate of drug-likeness (QED) is 0.0201. The molecule has 0 spiro atoms. The molecule has 0 aromatic heterocycles. The first-order chi connectivity index (χ1) is 46.6. The van der Waals surface area contributed by atoms with Crippen molar-refractivity contribution >= 4 is 53.0 Å². The van der Waals surface area contributed by atoms with E-state index in [-0.39, 0.29) is 12.8 Å². The molecule has 1 aliphatic heterocycles. The van der Waals surface area contributed by atoms with E-state index < -0.39 is 148 Å². The van der Waals surface area contributed by atoms with Crippen LogP contribution in [0.1, 0.15) is 110 Å². The number of hydrogen-bond acceptors (Lipinski definition) is 12. The van der Waals surface area contributed by atoms with Crippen LogP contribution in [0.3, 0.4) is 0 Å². The molecule has 0 fully saturated rings. The summed E-state index contributed by atoms with van der Waals surface area (Å²) < 4.78 is 12.0. The van der Waals surface area contributed by atoms with E-state index in [2.05, 4.69) is 37.2 Å². The number of nitro benzene ring substituents is 1. The van der Waals surface area contributed by atoms with Gasteiger partial charge in [-0.15, -0.1) is 0 Å². The molecule has 8 aromatic rings. The van der Waals surface area contributed by atoms with E-state index in [0.717, 1.165) is 18.2 Å². The number of carboxylic acid groups (broad SMARTS) is 1. The van der Waals surface area contributed by atoms with Gasteiger partial charge in [-0.3, -0.25) is 43.7 Å². The lowest BCUT2D eigenvalue weighted by Crippen LogP contribution is -2.61. The van der Waals surface area contributed by atoms with Crippen LogP contribution in [-0.2, 0) is 51.1 Å². The van der Waals surface area contributed by atoms with Gasteiger partial charge in [-0.05, 0) is 90.3 Å².